The van der Waals surface area contributed by atoms with Gasteiger partial charge in [-0.3, -0.25) is 4.79 Å². The smallest absolute Gasteiger partial charge is 0.379 e. The highest BCUT2D eigenvalue weighted by Crippen LogP contribution is 2.24. The highest BCUT2D eigenvalue weighted by molar-refractivity contribution is 5.94. The summed E-state index contributed by atoms with van der Waals surface area (Å²) in [6.07, 6.45) is 0. The summed E-state index contributed by atoms with van der Waals surface area (Å²) in [4.78, 5) is 35.0. The van der Waals surface area contributed by atoms with Gasteiger partial charge in [-0.05, 0) is 43.3 Å². The molecule has 0 atom stereocenters. The van der Waals surface area contributed by atoms with Gasteiger partial charge in [-0.1, -0.05) is 24.3 Å². The minimum Gasteiger partial charge on any atom is -0.465 e. The van der Waals surface area contributed by atoms with Crippen LogP contribution in [0.1, 0.15) is 38.2 Å². The summed E-state index contributed by atoms with van der Waals surface area (Å²) in [7, 11) is 1.29. The number of Topliss-reactive ketones (excluding diaryl/α,β-unsaturated/α-hetero) is 1. The second-order valence-electron chi connectivity index (χ2n) is 5.70. The predicted molar refractivity (Wildman–Crippen MR) is 96.9 cm³/mol. The average Bonchev–Trinajstić information content (AvgIpc) is 3.18. The van der Waals surface area contributed by atoms with Crippen LogP contribution >= 0.6 is 0 Å². The number of ether oxygens (including phenoxy) is 2. The molecular formula is C21H16O6. The Kier molecular flexibility index (Phi) is 5.17. The topological polar surface area (TPSA) is 82.8 Å². The summed E-state index contributed by atoms with van der Waals surface area (Å²) in [6.45, 7) is 1.49. The molecular weight excluding hydrogens is 348 g/mol. The number of ketones is 1. The van der Waals surface area contributed by atoms with Crippen LogP contribution in [-0.4, -0.2) is 24.8 Å². The Labute approximate surface area is 155 Å². The van der Waals surface area contributed by atoms with Crippen molar-refractivity contribution in [3.63, 3.8) is 0 Å². The molecule has 2 aromatic carbocycles. The third kappa shape index (κ3) is 4.12. The number of esters is 2. The second-order valence-corrected chi connectivity index (χ2v) is 5.70. The van der Waals surface area contributed by atoms with Crippen molar-refractivity contribution in [2.45, 2.75) is 6.92 Å². The van der Waals surface area contributed by atoms with E-state index in [4.69, 9.17) is 9.15 Å². The molecule has 6 nitrogen and oxygen atoms in total. The Morgan fingerprint density at radius 2 is 1.41 bits per heavy atom. The molecule has 0 fully saturated rings. The van der Waals surface area contributed by atoms with Gasteiger partial charge in [0.05, 0.1) is 12.7 Å². The zero-order chi connectivity index (χ0) is 19.4. The van der Waals surface area contributed by atoms with Crippen molar-refractivity contribution in [3.05, 3.63) is 77.6 Å². The summed E-state index contributed by atoms with van der Waals surface area (Å²) in [5.41, 5.74) is 1.69. The van der Waals surface area contributed by atoms with Crippen LogP contribution in [0.4, 0.5) is 0 Å². The van der Waals surface area contributed by atoms with E-state index in [1.54, 1.807) is 30.3 Å². The van der Waals surface area contributed by atoms with Gasteiger partial charge in [-0.15, -0.1) is 0 Å². The number of carbonyl (C=O) groups is 3. The maximum absolute atomic E-state index is 12.2. The lowest BCUT2D eigenvalue weighted by Gasteiger charge is -2.04. The maximum atomic E-state index is 12.2. The van der Waals surface area contributed by atoms with Crippen LogP contribution in [0.2, 0.25) is 0 Å². The normalized spacial score (nSPS) is 10.3. The molecule has 0 aliphatic carbocycles. The standard InChI is InChI=1S/C21H16O6/c1-13(22)14-3-5-15(6-4-14)18-11-12-19(27-18)21(24)26-17-9-7-16(8-10-17)20(23)25-2/h3-12H,1-2H3. The quantitative estimate of drug-likeness (QED) is 0.384. The summed E-state index contributed by atoms with van der Waals surface area (Å²) >= 11 is 0. The molecule has 1 heterocycles. The van der Waals surface area contributed by atoms with Gasteiger partial charge in [0, 0.05) is 11.1 Å². The number of rotatable bonds is 5. The van der Waals surface area contributed by atoms with Gasteiger partial charge < -0.3 is 13.9 Å². The number of methoxy groups -OCH3 is 1. The molecule has 3 aromatic rings. The molecule has 0 aliphatic heterocycles. The van der Waals surface area contributed by atoms with E-state index in [-0.39, 0.29) is 17.3 Å². The average molecular weight is 364 g/mol. The predicted octanol–water partition coefficient (Wildman–Crippen LogP) is 4.16. The molecule has 1 aromatic heterocycles. The van der Waals surface area contributed by atoms with Crippen molar-refractivity contribution in [2.75, 3.05) is 7.11 Å². The van der Waals surface area contributed by atoms with Gasteiger partial charge in [-0.25, -0.2) is 9.59 Å². The van der Waals surface area contributed by atoms with Crippen LogP contribution in [0.3, 0.4) is 0 Å². The lowest BCUT2D eigenvalue weighted by atomic mass is 10.1. The number of furan rings is 1. The van der Waals surface area contributed by atoms with E-state index in [0.717, 1.165) is 5.56 Å². The molecule has 0 aliphatic rings. The fourth-order valence-corrected chi connectivity index (χ4v) is 2.41. The van der Waals surface area contributed by atoms with Gasteiger partial charge >= 0.3 is 11.9 Å². The minimum atomic E-state index is -0.660. The van der Waals surface area contributed by atoms with Crippen molar-refractivity contribution in [2.24, 2.45) is 0 Å². The van der Waals surface area contributed by atoms with E-state index < -0.39 is 11.9 Å². The van der Waals surface area contributed by atoms with Gasteiger partial charge in [0.25, 0.3) is 0 Å². The van der Waals surface area contributed by atoms with Gasteiger partial charge in [0.2, 0.25) is 5.76 Å². The van der Waals surface area contributed by atoms with Crippen LogP contribution in [-0.2, 0) is 4.74 Å². The first-order chi connectivity index (χ1) is 13.0. The Hall–Kier alpha value is -3.67. The fourth-order valence-electron chi connectivity index (χ4n) is 2.41. The summed E-state index contributed by atoms with van der Waals surface area (Å²) in [6, 6.07) is 16.0. The highest BCUT2D eigenvalue weighted by Gasteiger charge is 2.15. The van der Waals surface area contributed by atoms with Gasteiger partial charge in [-0.2, -0.15) is 0 Å². The van der Waals surface area contributed by atoms with E-state index in [9.17, 15) is 14.4 Å². The van der Waals surface area contributed by atoms with Crippen molar-refractivity contribution < 1.29 is 28.3 Å². The molecule has 3 rings (SSSR count). The first-order valence-corrected chi connectivity index (χ1v) is 8.09. The third-order valence-corrected chi connectivity index (χ3v) is 3.87. The molecule has 0 N–H and O–H groups in total. The molecule has 0 unspecified atom stereocenters. The Morgan fingerprint density at radius 3 is 2.00 bits per heavy atom. The molecule has 6 heteroatoms. The molecule has 0 radical (unpaired) electrons. The second kappa shape index (κ2) is 7.70. The van der Waals surface area contributed by atoms with Crippen molar-refractivity contribution in [1.29, 1.82) is 0 Å². The van der Waals surface area contributed by atoms with Gasteiger partial charge in [0.15, 0.2) is 5.78 Å². The first-order valence-electron chi connectivity index (χ1n) is 8.09. The van der Waals surface area contributed by atoms with E-state index in [0.29, 0.717) is 16.9 Å². The Balaban J connectivity index is 1.71. The third-order valence-electron chi connectivity index (χ3n) is 3.87. The largest absolute Gasteiger partial charge is 0.465 e. The molecule has 0 saturated carbocycles. The van der Waals surface area contributed by atoms with E-state index in [2.05, 4.69) is 4.74 Å². The Morgan fingerprint density at radius 1 is 0.778 bits per heavy atom. The fraction of sp³-hybridized carbons (Fsp3) is 0.0952. The lowest BCUT2D eigenvalue weighted by Crippen LogP contribution is -2.07. The highest BCUT2D eigenvalue weighted by atomic mass is 16.5. The van der Waals surface area contributed by atoms with E-state index >= 15 is 0 Å². The summed E-state index contributed by atoms with van der Waals surface area (Å²) in [5, 5.41) is 0. The van der Waals surface area contributed by atoms with Crippen molar-refractivity contribution in [3.8, 4) is 17.1 Å². The molecule has 27 heavy (non-hydrogen) atoms. The van der Waals surface area contributed by atoms with Crippen LogP contribution in [0.5, 0.6) is 5.75 Å². The first kappa shape index (κ1) is 18.1. The molecule has 0 bridgehead atoms. The SMILES string of the molecule is COC(=O)c1ccc(OC(=O)c2ccc(-c3ccc(C(C)=O)cc3)o2)cc1. The van der Waals surface area contributed by atoms with E-state index in [1.807, 2.05) is 0 Å². The molecule has 136 valence electrons. The molecule has 0 amide bonds. The number of hydrogen-bond acceptors (Lipinski definition) is 6. The summed E-state index contributed by atoms with van der Waals surface area (Å²) in [5.74, 6) is -0.359. The number of benzene rings is 2. The minimum absolute atomic E-state index is 0.0246. The molecule has 0 spiro atoms. The van der Waals surface area contributed by atoms with Crippen LogP contribution in [0.25, 0.3) is 11.3 Å². The van der Waals surface area contributed by atoms with Gasteiger partial charge in [0.1, 0.15) is 11.5 Å². The monoisotopic (exact) mass is 364 g/mol. The Bertz CT molecular complexity index is 980. The van der Waals surface area contributed by atoms with Crippen LogP contribution in [0.15, 0.2) is 65.1 Å². The number of hydrogen-bond donors (Lipinski definition) is 0. The zero-order valence-electron chi connectivity index (χ0n) is 14.7. The lowest BCUT2D eigenvalue weighted by molar-refractivity contribution is 0.0600. The van der Waals surface area contributed by atoms with E-state index in [1.165, 1.54) is 44.4 Å². The molecule has 0 saturated heterocycles. The summed E-state index contributed by atoms with van der Waals surface area (Å²) < 4.78 is 15.4. The van der Waals surface area contributed by atoms with Crippen LogP contribution in [0, 0.1) is 0 Å². The van der Waals surface area contributed by atoms with Crippen molar-refractivity contribution in [1.82, 2.24) is 0 Å². The number of carbonyl (C=O) groups excluding carboxylic acids is 3. The van der Waals surface area contributed by atoms with Crippen LogP contribution < -0.4 is 4.74 Å². The maximum Gasteiger partial charge on any atom is 0.379 e. The zero-order valence-corrected chi connectivity index (χ0v) is 14.7. The van der Waals surface area contributed by atoms with Crippen molar-refractivity contribution >= 4 is 17.7 Å².